The molecule has 0 aromatic carbocycles. The molecule has 1 unspecified atom stereocenters. The maximum absolute atomic E-state index is 11.9. The van der Waals surface area contributed by atoms with Gasteiger partial charge in [0.15, 0.2) is 0 Å². The van der Waals surface area contributed by atoms with Crippen molar-refractivity contribution in [2.45, 2.75) is 58.4 Å². The Labute approximate surface area is 124 Å². The average Bonchev–Trinajstić information content (AvgIpc) is 2.79. The number of nitrogens with one attached hydrogen (secondary N) is 2. The smallest absolute Gasteiger partial charge is 0.315 e. The van der Waals surface area contributed by atoms with Crippen molar-refractivity contribution in [3.05, 3.63) is 0 Å². The van der Waals surface area contributed by atoms with Crippen molar-refractivity contribution in [1.29, 1.82) is 0 Å². The zero-order valence-electron chi connectivity index (χ0n) is 13.7. The van der Waals surface area contributed by atoms with Crippen molar-refractivity contribution in [1.82, 2.24) is 15.5 Å². The number of urea groups is 1. The first-order chi connectivity index (χ1) is 9.47. The molecule has 1 saturated carbocycles. The monoisotopic (exact) mass is 283 g/mol. The van der Waals surface area contributed by atoms with E-state index < -0.39 is 0 Å². The third kappa shape index (κ3) is 7.73. The molecule has 0 spiro atoms. The van der Waals surface area contributed by atoms with Gasteiger partial charge in [-0.1, -0.05) is 39.5 Å². The number of hydrogen-bond donors (Lipinski definition) is 2. The molecule has 0 aliphatic heterocycles. The molecular weight excluding hydrogens is 250 g/mol. The Balaban J connectivity index is 2.21. The summed E-state index contributed by atoms with van der Waals surface area (Å²) >= 11 is 0. The van der Waals surface area contributed by atoms with Gasteiger partial charge in [-0.25, -0.2) is 4.79 Å². The third-order valence-electron chi connectivity index (χ3n) is 3.99. The second-order valence-electron chi connectivity index (χ2n) is 6.93. The molecule has 0 saturated heterocycles. The Hall–Kier alpha value is -0.770. The summed E-state index contributed by atoms with van der Waals surface area (Å²) in [7, 11) is 4.10. The summed E-state index contributed by atoms with van der Waals surface area (Å²) in [6, 6.07) is 0.229. The summed E-state index contributed by atoms with van der Waals surface area (Å²) < 4.78 is 0. The first-order valence-corrected chi connectivity index (χ1v) is 8.16. The number of hydrogen-bond acceptors (Lipinski definition) is 2. The molecule has 1 rings (SSSR count). The van der Waals surface area contributed by atoms with E-state index in [0.29, 0.717) is 5.92 Å². The van der Waals surface area contributed by atoms with Crippen LogP contribution >= 0.6 is 0 Å². The first-order valence-electron chi connectivity index (χ1n) is 8.16. The molecule has 0 aromatic heterocycles. The van der Waals surface area contributed by atoms with Gasteiger partial charge in [-0.2, -0.15) is 0 Å². The molecular formula is C16H33N3O. The van der Waals surface area contributed by atoms with Crippen molar-refractivity contribution >= 4 is 6.03 Å². The highest BCUT2D eigenvalue weighted by Crippen LogP contribution is 2.26. The fourth-order valence-corrected chi connectivity index (χ4v) is 3.11. The molecule has 4 nitrogen and oxygen atoms in total. The van der Waals surface area contributed by atoms with E-state index >= 15 is 0 Å². The number of nitrogens with zero attached hydrogens (tertiary/aromatic N) is 1. The van der Waals surface area contributed by atoms with Gasteiger partial charge in [0.05, 0.1) is 0 Å². The predicted molar refractivity (Wildman–Crippen MR) is 84.9 cm³/mol. The Morgan fingerprint density at radius 1 is 1.25 bits per heavy atom. The van der Waals surface area contributed by atoms with Crippen molar-refractivity contribution < 1.29 is 4.79 Å². The van der Waals surface area contributed by atoms with E-state index in [0.717, 1.165) is 31.8 Å². The zero-order valence-corrected chi connectivity index (χ0v) is 13.7. The van der Waals surface area contributed by atoms with Gasteiger partial charge >= 0.3 is 6.03 Å². The van der Waals surface area contributed by atoms with Crippen molar-refractivity contribution in [2.24, 2.45) is 11.8 Å². The molecule has 0 aromatic rings. The third-order valence-corrected chi connectivity index (χ3v) is 3.99. The molecule has 1 fully saturated rings. The van der Waals surface area contributed by atoms with Crippen molar-refractivity contribution in [3.63, 3.8) is 0 Å². The second-order valence-corrected chi connectivity index (χ2v) is 6.93. The van der Waals surface area contributed by atoms with Crippen LogP contribution in [0, 0.1) is 11.8 Å². The highest BCUT2D eigenvalue weighted by atomic mass is 16.2. The summed E-state index contributed by atoms with van der Waals surface area (Å²) in [5.74, 6) is 1.43. The van der Waals surface area contributed by atoms with E-state index in [1.54, 1.807) is 0 Å². The number of carbonyl (C=O) groups is 1. The van der Waals surface area contributed by atoms with E-state index in [4.69, 9.17) is 0 Å². The topological polar surface area (TPSA) is 44.4 Å². The molecule has 4 heteroatoms. The Kier molecular flexibility index (Phi) is 7.97. The molecule has 1 atom stereocenters. The summed E-state index contributed by atoms with van der Waals surface area (Å²) in [6.07, 6.45) is 7.59. The lowest BCUT2D eigenvalue weighted by Gasteiger charge is -2.24. The van der Waals surface area contributed by atoms with E-state index in [1.165, 1.54) is 25.7 Å². The normalized spacial score (nSPS) is 17.7. The van der Waals surface area contributed by atoms with Crippen LogP contribution in [0.5, 0.6) is 0 Å². The highest BCUT2D eigenvalue weighted by molar-refractivity contribution is 5.74. The molecule has 2 amide bonds. The van der Waals surface area contributed by atoms with Gasteiger partial charge in [-0.15, -0.1) is 0 Å². The Morgan fingerprint density at radius 2 is 1.90 bits per heavy atom. The molecule has 20 heavy (non-hydrogen) atoms. The number of carbonyl (C=O) groups excluding carboxylic acids is 1. The molecule has 0 radical (unpaired) electrons. The van der Waals surface area contributed by atoms with Gasteiger partial charge in [-0.05, 0) is 38.8 Å². The van der Waals surface area contributed by atoms with Crippen LogP contribution in [0.25, 0.3) is 0 Å². The van der Waals surface area contributed by atoms with Gasteiger partial charge < -0.3 is 15.5 Å². The standard InChI is InChI=1S/C16H33N3O/c1-13(2)11-15(12-19(3)4)18-16(20)17-10-9-14-7-5-6-8-14/h13-15H,5-12H2,1-4H3,(H2,17,18,20). The minimum atomic E-state index is -0.00417. The van der Waals surface area contributed by atoms with E-state index in [1.807, 2.05) is 14.1 Å². The highest BCUT2D eigenvalue weighted by Gasteiger charge is 2.17. The molecule has 1 aliphatic carbocycles. The van der Waals surface area contributed by atoms with Crippen LogP contribution in [0.1, 0.15) is 52.4 Å². The average molecular weight is 283 g/mol. The molecule has 118 valence electrons. The fraction of sp³-hybridized carbons (Fsp3) is 0.938. The van der Waals surface area contributed by atoms with E-state index in [2.05, 4.69) is 29.4 Å². The predicted octanol–water partition coefficient (Wildman–Crippen LogP) is 2.84. The second kappa shape index (κ2) is 9.22. The van der Waals surface area contributed by atoms with Crippen LogP contribution in [0.2, 0.25) is 0 Å². The summed E-state index contributed by atoms with van der Waals surface area (Å²) in [5.41, 5.74) is 0. The van der Waals surface area contributed by atoms with Crippen LogP contribution < -0.4 is 10.6 Å². The van der Waals surface area contributed by atoms with Crippen LogP contribution in [0.3, 0.4) is 0 Å². The van der Waals surface area contributed by atoms with E-state index in [9.17, 15) is 4.79 Å². The van der Waals surface area contributed by atoms with Gasteiger partial charge in [0.1, 0.15) is 0 Å². The lowest BCUT2D eigenvalue weighted by molar-refractivity contribution is 0.228. The summed E-state index contributed by atoms with van der Waals surface area (Å²) in [5, 5.41) is 6.13. The van der Waals surface area contributed by atoms with Crippen LogP contribution in [0.15, 0.2) is 0 Å². The van der Waals surface area contributed by atoms with Crippen LogP contribution in [-0.4, -0.2) is 44.2 Å². The summed E-state index contributed by atoms with van der Waals surface area (Å²) in [6.45, 7) is 6.10. The number of rotatable bonds is 8. The Morgan fingerprint density at radius 3 is 2.45 bits per heavy atom. The largest absolute Gasteiger partial charge is 0.338 e. The van der Waals surface area contributed by atoms with E-state index in [-0.39, 0.29) is 12.1 Å². The van der Waals surface area contributed by atoms with Gasteiger partial charge in [-0.3, -0.25) is 0 Å². The summed E-state index contributed by atoms with van der Waals surface area (Å²) in [4.78, 5) is 14.1. The quantitative estimate of drug-likeness (QED) is 0.719. The van der Waals surface area contributed by atoms with Crippen LogP contribution in [0.4, 0.5) is 4.79 Å². The first kappa shape index (κ1) is 17.3. The minimum Gasteiger partial charge on any atom is -0.338 e. The fourth-order valence-electron chi connectivity index (χ4n) is 3.11. The zero-order chi connectivity index (χ0) is 15.0. The SMILES string of the molecule is CC(C)CC(CN(C)C)NC(=O)NCCC1CCCC1. The molecule has 0 heterocycles. The lowest BCUT2D eigenvalue weighted by atomic mass is 10.0. The molecule has 2 N–H and O–H groups in total. The Bertz CT molecular complexity index is 263. The molecule has 0 bridgehead atoms. The van der Waals surface area contributed by atoms with Gasteiger partial charge in [0.2, 0.25) is 0 Å². The minimum absolute atomic E-state index is 0.00417. The maximum Gasteiger partial charge on any atom is 0.315 e. The van der Waals surface area contributed by atoms with Crippen molar-refractivity contribution in [2.75, 3.05) is 27.2 Å². The van der Waals surface area contributed by atoms with Crippen molar-refractivity contribution in [3.8, 4) is 0 Å². The number of likely N-dealkylation sites (N-methyl/N-ethyl adjacent to an activating group) is 1. The van der Waals surface area contributed by atoms with Gasteiger partial charge in [0, 0.05) is 19.1 Å². The molecule has 1 aliphatic rings. The maximum atomic E-state index is 11.9. The van der Waals surface area contributed by atoms with Gasteiger partial charge in [0.25, 0.3) is 0 Å². The lowest BCUT2D eigenvalue weighted by Crippen LogP contribution is -2.47. The van der Waals surface area contributed by atoms with Crippen LogP contribution in [-0.2, 0) is 0 Å². The number of amides is 2.